The highest BCUT2D eigenvalue weighted by Gasteiger charge is 2.44. The van der Waals surface area contributed by atoms with E-state index in [1.165, 1.54) is 0 Å². The van der Waals surface area contributed by atoms with E-state index >= 15 is 0 Å². The number of aliphatic hydroxyl groups is 5. The minimum atomic E-state index is -1.57. The summed E-state index contributed by atoms with van der Waals surface area (Å²) in [7, 11) is 0. The Balaban J connectivity index is 2.49. The van der Waals surface area contributed by atoms with Crippen LogP contribution in [-0.4, -0.2) is 87.5 Å². The Bertz CT molecular complexity index is 766. The topological polar surface area (TPSA) is 149 Å². The molecule has 0 saturated carbocycles. The van der Waals surface area contributed by atoms with Crippen LogP contribution in [0.15, 0.2) is 48.6 Å². The molecule has 1 amide bonds. The van der Waals surface area contributed by atoms with Gasteiger partial charge in [0.15, 0.2) is 6.29 Å². The number of aliphatic hydroxyl groups excluding tert-OH is 5. The van der Waals surface area contributed by atoms with Gasteiger partial charge in [0.1, 0.15) is 24.4 Å². The van der Waals surface area contributed by atoms with Gasteiger partial charge in [-0.25, -0.2) is 0 Å². The van der Waals surface area contributed by atoms with Crippen molar-refractivity contribution in [3.63, 3.8) is 0 Å². The summed E-state index contributed by atoms with van der Waals surface area (Å²) in [6.07, 6.45) is 18.0. The minimum absolute atomic E-state index is 0.207. The first kappa shape index (κ1) is 36.2. The van der Waals surface area contributed by atoms with Crippen molar-refractivity contribution >= 4 is 5.91 Å². The molecule has 1 heterocycles. The Hall–Kier alpha value is -1.85. The molecule has 6 N–H and O–H groups in total. The molecule has 7 atom stereocenters. The SMILES string of the molecule is CC/C=C\C/C=C\C/C=C\CCCCCC(=O)NC(COC1OC(CO)C(O)C(O)C1O)C(O)/C=C/CCCC. The molecule has 230 valence electrons. The van der Waals surface area contributed by atoms with Crippen molar-refractivity contribution in [3.05, 3.63) is 48.6 Å². The summed E-state index contributed by atoms with van der Waals surface area (Å²) in [5, 5.41) is 53.1. The smallest absolute Gasteiger partial charge is 0.220 e. The number of rotatable bonds is 21. The van der Waals surface area contributed by atoms with E-state index in [0.717, 1.165) is 57.8 Å². The van der Waals surface area contributed by atoms with Crippen molar-refractivity contribution in [2.24, 2.45) is 0 Å². The van der Waals surface area contributed by atoms with E-state index in [2.05, 4.69) is 55.6 Å². The predicted octanol–water partition coefficient (Wildman–Crippen LogP) is 3.20. The number of carbonyl (C=O) groups is 1. The third-order valence-corrected chi connectivity index (χ3v) is 6.66. The Labute approximate surface area is 240 Å². The fraction of sp³-hybridized carbons (Fsp3) is 0.710. The van der Waals surface area contributed by atoms with Crippen molar-refractivity contribution in [1.82, 2.24) is 5.32 Å². The second-order valence-corrected chi connectivity index (χ2v) is 10.2. The largest absolute Gasteiger partial charge is 0.394 e. The van der Waals surface area contributed by atoms with E-state index < -0.39 is 49.5 Å². The molecule has 0 aromatic carbocycles. The second-order valence-electron chi connectivity index (χ2n) is 10.2. The van der Waals surface area contributed by atoms with Crippen LogP contribution in [0.3, 0.4) is 0 Å². The minimum Gasteiger partial charge on any atom is -0.394 e. The van der Waals surface area contributed by atoms with Gasteiger partial charge in [0, 0.05) is 6.42 Å². The van der Waals surface area contributed by atoms with Crippen LogP contribution in [-0.2, 0) is 14.3 Å². The molecule has 0 aromatic heterocycles. The third kappa shape index (κ3) is 15.2. The molecule has 0 aliphatic carbocycles. The normalized spacial score (nSPS) is 25.4. The highest BCUT2D eigenvalue weighted by atomic mass is 16.7. The number of amides is 1. The van der Waals surface area contributed by atoms with Crippen LogP contribution in [0, 0.1) is 0 Å². The van der Waals surface area contributed by atoms with Gasteiger partial charge in [0.05, 0.1) is 25.4 Å². The van der Waals surface area contributed by atoms with E-state index in [9.17, 15) is 30.3 Å². The van der Waals surface area contributed by atoms with Crippen molar-refractivity contribution in [3.8, 4) is 0 Å². The quantitative estimate of drug-likeness (QED) is 0.0915. The highest BCUT2D eigenvalue weighted by Crippen LogP contribution is 2.22. The molecule has 0 bridgehead atoms. The number of hydrogen-bond acceptors (Lipinski definition) is 8. The molecule has 1 aliphatic heterocycles. The molecular formula is C31H53NO8. The van der Waals surface area contributed by atoms with Gasteiger partial charge in [-0.05, 0) is 44.9 Å². The van der Waals surface area contributed by atoms with Crippen molar-refractivity contribution < 1.29 is 39.8 Å². The van der Waals surface area contributed by atoms with Crippen LogP contribution in [0.5, 0.6) is 0 Å². The number of ether oxygens (including phenoxy) is 2. The number of allylic oxidation sites excluding steroid dienone is 7. The van der Waals surface area contributed by atoms with E-state index in [1.54, 1.807) is 6.08 Å². The summed E-state index contributed by atoms with van der Waals surface area (Å²) in [6, 6.07) is -0.814. The lowest BCUT2D eigenvalue weighted by molar-refractivity contribution is -0.302. The Kier molecular flexibility index (Phi) is 20.6. The van der Waals surface area contributed by atoms with E-state index in [0.29, 0.717) is 12.8 Å². The van der Waals surface area contributed by atoms with Crippen LogP contribution in [0.1, 0.15) is 84.5 Å². The fourth-order valence-corrected chi connectivity index (χ4v) is 4.15. The maximum atomic E-state index is 12.6. The maximum Gasteiger partial charge on any atom is 0.220 e. The number of unbranched alkanes of at least 4 members (excludes halogenated alkanes) is 5. The summed E-state index contributed by atoms with van der Waals surface area (Å²) in [5.74, 6) is -0.221. The van der Waals surface area contributed by atoms with Gasteiger partial charge in [-0.3, -0.25) is 4.79 Å². The van der Waals surface area contributed by atoms with Gasteiger partial charge in [-0.15, -0.1) is 0 Å². The Morgan fingerprint density at radius 3 is 2.23 bits per heavy atom. The third-order valence-electron chi connectivity index (χ3n) is 6.66. The zero-order chi connectivity index (χ0) is 29.6. The van der Waals surface area contributed by atoms with E-state index in [4.69, 9.17) is 9.47 Å². The van der Waals surface area contributed by atoms with Crippen molar-refractivity contribution in [1.29, 1.82) is 0 Å². The molecule has 40 heavy (non-hydrogen) atoms. The van der Waals surface area contributed by atoms with Crippen LogP contribution >= 0.6 is 0 Å². The first-order valence-corrected chi connectivity index (χ1v) is 14.9. The van der Waals surface area contributed by atoms with Crippen LogP contribution < -0.4 is 5.32 Å². The second kappa shape index (κ2) is 22.8. The average Bonchev–Trinajstić information content (AvgIpc) is 2.95. The summed E-state index contributed by atoms with van der Waals surface area (Å²) >= 11 is 0. The first-order chi connectivity index (χ1) is 19.3. The summed E-state index contributed by atoms with van der Waals surface area (Å²) < 4.78 is 11.0. The predicted molar refractivity (Wildman–Crippen MR) is 156 cm³/mol. The molecule has 9 heteroatoms. The number of nitrogens with one attached hydrogen (secondary N) is 1. The van der Waals surface area contributed by atoms with Crippen LogP contribution in [0.25, 0.3) is 0 Å². The standard InChI is InChI=1S/C31H53NO8/c1-3-5-7-9-10-11-12-13-14-15-16-17-19-21-27(35)32-24(25(34)20-18-8-6-4-2)23-39-31-30(38)29(37)28(36)26(22-33)40-31/h5,7,10-11,13-14,18,20,24-26,28-31,33-34,36-38H,3-4,6,8-9,12,15-17,19,21-23H2,1-2H3,(H,32,35)/b7-5-,11-10-,14-13-,20-18+. The lowest BCUT2D eigenvalue weighted by Crippen LogP contribution is -2.60. The summed E-state index contributed by atoms with van der Waals surface area (Å²) in [4.78, 5) is 12.6. The van der Waals surface area contributed by atoms with Gasteiger partial charge in [-0.2, -0.15) is 0 Å². The van der Waals surface area contributed by atoms with Gasteiger partial charge < -0.3 is 40.3 Å². The molecule has 0 radical (unpaired) electrons. The number of hydrogen-bond donors (Lipinski definition) is 6. The van der Waals surface area contributed by atoms with Gasteiger partial charge in [0.2, 0.25) is 5.91 Å². The molecule has 0 spiro atoms. The highest BCUT2D eigenvalue weighted by molar-refractivity contribution is 5.76. The maximum absolute atomic E-state index is 12.6. The van der Waals surface area contributed by atoms with Crippen LogP contribution in [0.4, 0.5) is 0 Å². The lowest BCUT2D eigenvalue weighted by atomic mass is 9.99. The molecule has 9 nitrogen and oxygen atoms in total. The van der Waals surface area contributed by atoms with E-state index in [1.807, 2.05) is 6.08 Å². The molecular weight excluding hydrogens is 514 g/mol. The first-order valence-electron chi connectivity index (χ1n) is 14.9. The van der Waals surface area contributed by atoms with Crippen LogP contribution in [0.2, 0.25) is 0 Å². The fourth-order valence-electron chi connectivity index (χ4n) is 4.15. The molecule has 1 fully saturated rings. The van der Waals surface area contributed by atoms with E-state index in [-0.39, 0.29) is 12.5 Å². The zero-order valence-corrected chi connectivity index (χ0v) is 24.3. The van der Waals surface area contributed by atoms with Gasteiger partial charge >= 0.3 is 0 Å². The molecule has 7 unspecified atom stereocenters. The van der Waals surface area contributed by atoms with Crippen molar-refractivity contribution in [2.45, 2.75) is 127 Å². The van der Waals surface area contributed by atoms with Gasteiger partial charge in [-0.1, -0.05) is 81.7 Å². The summed E-state index contributed by atoms with van der Waals surface area (Å²) in [5.41, 5.74) is 0. The number of carbonyl (C=O) groups excluding carboxylic acids is 1. The lowest BCUT2D eigenvalue weighted by Gasteiger charge is -2.40. The monoisotopic (exact) mass is 567 g/mol. The molecule has 1 aliphatic rings. The zero-order valence-electron chi connectivity index (χ0n) is 24.3. The molecule has 1 rings (SSSR count). The van der Waals surface area contributed by atoms with Gasteiger partial charge in [0.25, 0.3) is 0 Å². The molecule has 0 aromatic rings. The Morgan fingerprint density at radius 2 is 1.55 bits per heavy atom. The average molecular weight is 568 g/mol. The Morgan fingerprint density at radius 1 is 0.875 bits per heavy atom. The summed E-state index contributed by atoms with van der Waals surface area (Å²) in [6.45, 7) is 3.42. The van der Waals surface area contributed by atoms with Crippen molar-refractivity contribution in [2.75, 3.05) is 13.2 Å². The molecule has 1 saturated heterocycles.